The van der Waals surface area contributed by atoms with Crippen LogP contribution in [-0.4, -0.2) is 16.1 Å². The molecule has 19 heavy (non-hydrogen) atoms. The van der Waals surface area contributed by atoms with E-state index >= 15 is 0 Å². The van der Waals surface area contributed by atoms with Gasteiger partial charge in [0.1, 0.15) is 10.9 Å². The number of hydrogen-bond acceptors (Lipinski definition) is 3. The molecule has 0 aliphatic heterocycles. The largest absolute Gasteiger partial charge is 0.481 e. The first-order chi connectivity index (χ1) is 8.99. The molecule has 100 valence electrons. The summed E-state index contributed by atoms with van der Waals surface area (Å²) in [5.74, 6) is -1.37. The summed E-state index contributed by atoms with van der Waals surface area (Å²) in [6.45, 7) is 5.90. The SMILES string of the molecule is Cc1ccccc1CC(C(=O)O)c1nc(C)c(C)s1. The Bertz CT molecular complexity index is 584. The summed E-state index contributed by atoms with van der Waals surface area (Å²) in [4.78, 5) is 17.0. The van der Waals surface area contributed by atoms with Crippen LogP contribution in [-0.2, 0) is 11.2 Å². The minimum atomic E-state index is -0.808. The molecule has 1 aromatic heterocycles. The fraction of sp³-hybridized carbons (Fsp3) is 0.333. The predicted molar refractivity (Wildman–Crippen MR) is 76.8 cm³/mol. The lowest BCUT2D eigenvalue weighted by Crippen LogP contribution is -2.14. The van der Waals surface area contributed by atoms with Crippen LogP contribution in [0.2, 0.25) is 0 Å². The van der Waals surface area contributed by atoms with Gasteiger partial charge in [0.2, 0.25) is 0 Å². The second-order valence-corrected chi connectivity index (χ2v) is 5.95. The number of thiazole rings is 1. The average Bonchev–Trinajstić information content (AvgIpc) is 2.68. The van der Waals surface area contributed by atoms with Gasteiger partial charge in [-0.05, 0) is 38.3 Å². The third kappa shape index (κ3) is 3.01. The molecule has 3 nitrogen and oxygen atoms in total. The fourth-order valence-corrected chi connectivity index (χ4v) is 3.00. The molecule has 0 fully saturated rings. The highest BCUT2D eigenvalue weighted by Crippen LogP contribution is 2.28. The summed E-state index contributed by atoms with van der Waals surface area (Å²) in [7, 11) is 0. The van der Waals surface area contributed by atoms with Crippen LogP contribution >= 0.6 is 11.3 Å². The molecule has 2 aromatic rings. The number of hydrogen-bond donors (Lipinski definition) is 1. The second kappa shape index (κ2) is 5.53. The number of carboxylic acids is 1. The van der Waals surface area contributed by atoms with Crippen molar-refractivity contribution in [3.63, 3.8) is 0 Å². The van der Waals surface area contributed by atoms with E-state index in [0.717, 1.165) is 21.7 Å². The molecule has 0 amide bonds. The molecule has 2 rings (SSSR count). The molecule has 0 saturated heterocycles. The Labute approximate surface area is 116 Å². The van der Waals surface area contributed by atoms with Crippen molar-refractivity contribution in [1.29, 1.82) is 0 Å². The molecule has 1 atom stereocenters. The zero-order valence-electron chi connectivity index (χ0n) is 11.3. The highest BCUT2D eigenvalue weighted by molar-refractivity contribution is 7.11. The molecule has 1 N–H and O–H groups in total. The molecule has 0 spiro atoms. The molecule has 0 saturated carbocycles. The summed E-state index contributed by atoms with van der Waals surface area (Å²) in [5.41, 5.74) is 3.12. The maximum atomic E-state index is 11.5. The lowest BCUT2D eigenvalue weighted by Gasteiger charge is -2.11. The van der Waals surface area contributed by atoms with Crippen molar-refractivity contribution in [2.75, 3.05) is 0 Å². The van der Waals surface area contributed by atoms with Crippen LogP contribution in [0.3, 0.4) is 0 Å². The fourth-order valence-electron chi connectivity index (χ4n) is 1.99. The van der Waals surface area contributed by atoms with Crippen molar-refractivity contribution >= 4 is 17.3 Å². The number of carboxylic acid groups (broad SMARTS) is 1. The first kappa shape index (κ1) is 13.7. The van der Waals surface area contributed by atoms with E-state index in [4.69, 9.17) is 0 Å². The van der Waals surface area contributed by atoms with Crippen molar-refractivity contribution in [1.82, 2.24) is 4.98 Å². The van der Waals surface area contributed by atoms with E-state index < -0.39 is 11.9 Å². The first-order valence-corrected chi connectivity index (χ1v) is 7.02. The van der Waals surface area contributed by atoms with Crippen LogP contribution in [0.15, 0.2) is 24.3 Å². The predicted octanol–water partition coefficient (Wildman–Crippen LogP) is 3.48. The Morgan fingerprint density at radius 2 is 2.00 bits per heavy atom. The monoisotopic (exact) mass is 275 g/mol. The van der Waals surface area contributed by atoms with Crippen LogP contribution in [0.5, 0.6) is 0 Å². The van der Waals surface area contributed by atoms with Crippen LogP contribution < -0.4 is 0 Å². The van der Waals surface area contributed by atoms with Crippen LogP contribution in [0, 0.1) is 20.8 Å². The van der Waals surface area contributed by atoms with Crippen LogP contribution in [0.4, 0.5) is 0 Å². The van der Waals surface area contributed by atoms with E-state index in [0.29, 0.717) is 11.4 Å². The summed E-state index contributed by atoms with van der Waals surface area (Å²) >= 11 is 1.48. The third-order valence-electron chi connectivity index (χ3n) is 3.33. The topological polar surface area (TPSA) is 50.2 Å². The number of aryl methyl sites for hydroxylation is 3. The molecule has 1 heterocycles. The Balaban J connectivity index is 2.32. The number of rotatable bonds is 4. The van der Waals surface area contributed by atoms with Gasteiger partial charge in [0.25, 0.3) is 0 Å². The van der Waals surface area contributed by atoms with E-state index in [-0.39, 0.29) is 0 Å². The molecule has 1 unspecified atom stereocenters. The summed E-state index contributed by atoms with van der Waals surface area (Å²) < 4.78 is 0. The second-order valence-electron chi connectivity index (χ2n) is 4.72. The number of benzene rings is 1. The minimum absolute atomic E-state index is 0.494. The molecule has 0 bridgehead atoms. The van der Waals surface area contributed by atoms with E-state index in [1.54, 1.807) is 0 Å². The molecule has 1 aromatic carbocycles. The molecular weight excluding hydrogens is 258 g/mol. The van der Waals surface area contributed by atoms with E-state index in [1.165, 1.54) is 11.3 Å². The van der Waals surface area contributed by atoms with E-state index in [2.05, 4.69) is 4.98 Å². The van der Waals surface area contributed by atoms with Gasteiger partial charge in [-0.2, -0.15) is 0 Å². The smallest absolute Gasteiger partial charge is 0.313 e. The van der Waals surface area contributed by atoms with Crippen molar-refractivity contribution in [2.45, 2.75) is 33.1 Å². The first-order valence-electron chi connectivity index (χ1n) is 6.20. The maximum absolute atomic E-state index is 11.5. The third-order valence-corrected chi connectivity index (χ3v) is 4.51. The lowest BCUT2D eigenvalue weighted by atomic mass is 9.96. The summed E-state index contributed by atoms with van der Waals surface area (Å²) in [6, 6.07) is 7.90. The number of aromatic nitrogens is 1. The Kier molecular flexibility index (Phi) is 4.00. The Morgan fingerprint density at radius 3 is 2.53 bits per heavy atom. The van der Waals surface area contributed by atoms with Crippen LogP contribution in [0.1, 0.15) is 32.6 Å². The number of carbonyl (C=O) groups is 1. The summed E-state index contributed by atoms with van der Waals surface area (Å²) in [6.07, 6.45) is 0.494. The Hall–Kier alpha value is -1.68. The molecule has 0 aliphatic rings. The standard InChI is InChI=1S/C15H17NO2S/c1-9-6-4-5-7-12(9)8-13(15(17)18)14-16-10(2)11(3)19-14/h4-7,13H,8H2,1-3H3,(H,17,18). The highest BCUT2D eigenvalue weighted by Gasteiger charge is 2.24. The molecule has 4 heteroatoms. The van der Waals surface area contributed by atoms with E-state index in [1.807, 2.05) is 45.0 Å². The van der Waals surface area contributed by atoms with Gasteiger partial charge in [-0.25, -0.2) is 4.98 Å². The average molecular weight is 275 g/mol. The van der Waals surface area contributed by atoms with Crippen LogP contribution in [0.25, 0.3) is 0 Å². The lowest BCUT2D eigenvalue weighted by molar-refractivity contribution is -0.138. The summed E-state index contributed by atoms with van der Waals surface area (Å²) in [5, 5.41) is 10.1. The number of aliphatic carboxylic acids is 1. The minimum Gasteiger partial charge on any atom is -0.481 e. The van der Waals surface area contributed by atoms with Gasteiger partial charge in [0, 0.05) is 4.88 Å². The van der Waals surface area contributed by atoms with Crippen molar-refractivity contribution in [3.8, 4) is 0 Å². The zero-order valence-corrected chi connectivity index (χ0v) is 12.1. The van der Waals surface area contributed by atoms with Crippen molar-refractivity contribution < 1.29 is 9.90 Å². The molecule has 0 radical (unpaired) electrons. The number of nitrogens with zero attached hydrogens (tertiary/aromatic N) is 1. The van der Waals surface area contributed by atoms with E-state index in [9.17, 15) is 9.90 Å². The van der Waals surface area contributed by atoms with Gasteiger partial charge < -0.3 is 5.11 Å². The van der Waals surface area contributed by atoms with Gasteiger partial charge in [0.05, 0.1) is 5.69 Å². The van der Waals surface area contributed by atoms with Gasteiger partial charge in [-0.3, -0.25) is 4.79 Å². The quantitative estimate of drug-likeness (QED) is 0.929. The maximum Gasteiger partial charge on any atom is 0.313 e. The molecule has 0 aliphatic carbocycles. The van der Waals surface area contributed by atoms with Gasteiger partial charge in [-0.15, -0.1) is 11.3 Å². The zero-order chi connectivity index (χ0) is 14.0. The highest BCUT2D eigenvalue weighted by atomic mass is 32.1. The van der Waals surface area contributed by atoms with Gasteiger partial charge in [0.15, 0.2) is 0 Å². The normalized spacial score (nSPS) is 12.4. The van der Waals surface area contributed by atoms with Crippen molar-refractivity contribution in [3.05, 3.63) is 51.0 Å². The van der Waals surface area contributed by atoms with Gasteiger partial charge in [-0.1, -0.05) is 24.3 Å². The molecular formula is C15H17NO2S. The van der Waals surface area contributed by atoms with Gasteiger partial charge >= 0.3 is 5.97 Å². The van der Waals surface area contributed by atoms with Crippen molar-refractivity contribution in [2.24, 2.45) is 0 Å². The Morgan fingerprint density at radius 1 is 1.32 bits per heavy atom.